The Morgan fingerprint density at radius 3 is 2.36 bits per heavy atom. The zero-order valence-corrected chi connectivity index (χ0v) is 17.9. The number of hydrogen-bond donors (Lipinski definition) is 0. The Morgan fingerprint density at radius 1 is 0.758 bits per heavy atom. The molecule has 0 aliphatic carbocycles. The Morgan fingerprint density at radius 2 is 1.58 bits per heavy atom. The topological polar surface area (TPSA) is 9.23 Å². The van der Waals surface area contributed by atoms with Crippen LogP contribution in [0.25, 0.3) is 10.8 Å². The molecule has 0 aromatic heterocycles. The Bertz CT molecular complexity index is 1380. The summed E-state index contributed by atoms with van der Waals surface area (Å²) in [6.07, 6.45) is 2.53. The molecule has 0 aliphatic rings. The lowest BCUT2D eigenvalue weighted by molar-refractivity contribution is 0.360. The van der Waals surface area contributed by atoms with E-state index in [2.05, 4.69) is 18.4 Å². The molecule has 0 amide bonds. The lowest BCUT2D eigenvalue weighted by Gasteiger charge is -2.08. The van der Waals surface area contributed by atoms with Crippen LogP contribution in [0.5, 0.6) is 5.75 Å². The van der Waals surface area contributed by atoms with Gasteiger partial charge < -0.3 is 4.74 Å². The Hall–Kier alpha value is -3.97. The first-order valence-corrected chi connectivity index (χ1v) is 10.5. The minimum atomic E-state index is -0.420. The Balaban J connectivity index is 1.44. The highest BCUT2D eigenvalue weighted by molar-refractivity contribution is 5.84. The number of rotatable bonds is 6. The lowest BCUT2D eigenvalue weighted by atomic mass is 10.0. The average Bonchev–Trinajstić information content (AvgIpc) is 2.81. The van der Waals surface area contributed by atoms with Gasteiger partial charge in [0.05, 0.1) is 5.56 Å². The van der Waals surface area contributed by atoms with E-state index >= 15 is 0 Å². The minimum absolute atomic E-state index is 0.285. The summed E-state index contributed by atoms with van der Waals surface area (Å²) >= 11 is 0. The highest BCUT2D eigenvalue weighted by Gasteiger charge is 2.07. The second-order valence-electron chi connectivity index (χ2n) is 7.62. The van der Waals surface area contributed by atoms with Crippen molar-refractivity contribution in [3.05, 3.63) is 125 Å². The van der Waals surface area contributed by atoms with Gasteiger partial charge in [-0.2, -0.15) is 0 Å². The van der Waals surface area contributed by atoms with Crippen molar-refractivity contribution in [2.24, 2.45) is 0 Å². The van der Waals surface area contributed by atoms with E-state index in [1.807, 2.05) is 6.07 Å². The highest BCUT2D eigenvalue weighted by atomic mass is 19.1. The minimum Gasteiger partial charge on any atom is -0.489 e. The normalized spacial score (nSPS) is 10.5. The molecule has 0 aliphatic heterocycles. The molecule has 4 heteroatoms. The molecule has 0 saturated carbocycles. The summed E-state index contributed by atoms with van der Waals surface area (Å²) in [5, 5.41) is 1.65. The Labute approximate surface area is 191 Å². The van der Waals surface area contributed by atoms with Gasteiger partial charge in [-0.15, -0.1) is 0 Å². The van der Waals surface area contributed by atoms with E-state index in [4.69, 9.17) is 4.74 Å². The molecule has 0 heterocycles. The molecule has 0 bridgehead atoms. The molecule has 4 aromatic carbocycles. The number of fused-ring (bicyclic) bond motifs is 1. The van der Waals surface area contributed by atoms with Crippen LogP contribution in [0.3, 0.4) is 0 Å². The second kappa shape index (κ2) is 10.1. The maximum absolute atomic E-state index is 14.6. The zero-order valence-electron chi connectivity index (χ0n) is 17.9. The third kappa shape index (κ3) is 5.64. The summed E-state index contributed by atoms with van der Waals surface area (Å²) in [5.74, 6) is 5.21. The van der Waals surface area contributed by atoms with Crippen LogP contribution in [-0.4, -0.2) is 6.61 Å². The summed E-state index contributed by atoms with van der Waals surface area (Å²) in [4.78, 5) is 0. The summed E-state index contributed by atoms with van der Waals surface area (Å²) < 4.78 is 47.5. The second-order valence-corrected chi connectivity index (χ2v) is 7.62. The summed E-state index contributed by atoms with van der Waals surface area (Å²) in [7, 11) is 0. The summed E-state index contributed by atoms with van der Waals surface area (Å²) in [6, 6.07) is 19.6. The fourth-order valence-corrected chi connectivity index (χ4v) is 3.50. The number of benzene rings is 4. The number of hydrogen-bond acceptors (Lipinski definition) is 1. The van der Waals surface area contributed by atoms with E-state index in [1.54, 1.807) is 48.5 Å². The van der Waals surface area contributed by atoms with E-state index in [1.165, 1.54) is 24.3 Å². The van der Waals surface area contributed by atoms with Gasteiger partial charge in [-0.1, -0.05) is 48.8 Å². The van der Waals surface area contributed by atoms with Gasteiger partial charge >= 0.3 is 0 Å². The molecular weight excluding hydrogens is 421 g/mol. The van der Waals surface area contributed by atoms with Crippen molar-refractivity contribution in [2.45, 2.75) is 12.8 Å². The first-order valence-electron chi connectivity index (χ1n) is 10.5. The molecule has 1 nitrogen and oxygen atoms in total. The fraction of sp³-hybridized carbons (Fsp3) is 0.103. The van der Waals surface area contributed by atoms with Gasteiger partial charge in [0.15, 0.2) is 0 Å². The molecule has 33 heavy (non-hydrogen) atoms. The molecule has 4 rings (SSSR count). The van der Waals surface area contributed by atoms with Crippen molar-refractivity contribution >= 4 is 10.8 Å². The third-order valence-corrected chi connectivity index (χ3v) is 5.25. The van der Waals surface area contributed by atoms with Gasteiger partial charge in [-0.25, -0.2) is 13.2 Å². The van der Waals surface area contributed by atoms with Gasteiger partial charge in [0.2, 0.25) is 0 Å². The SMILES string of the molecule is C=CCOc1ccc(CCc2ccc(C#Cc3ccc4cc(F)ccc4c3)c(F)c2)c(F)c1. The van der Waals surface area contributed by atoms with Crippen LogP contribution < -0.4 is 4.74 Å². The average molecular weight is 442 g/mol. The van der Waals surface area contributed by atoms with Crippen LogP contribution in [0.2, 0.25) is 0 Å². The third-order valence-electron chi connectivity index (χ3n) is 5.25. The van der Waals surface area contributed by atoms with Gasteiger partial charge in [-0.05, 0) is 77.2 Å². The Kier molecular flexibility index (Phi) is 6.80. The standard InChI is InChI=1S/C29H21F3O/c1-2-15-33-27-14-12-23(29(32)19-27)9-5-21-4-8-22(28(31)17-21)7-3-20-6-10-25-18-26(30)13-11-24(25)16-20/h2,4,6,8,10-14,16-19H,1,5,9,15H2. The van der Waals surface area contributed by atoms with Crippen LogP contribution in [0.4, 0.5) is 13.2 Å². The van der Waals surface area contributed by atoms with Crippen LogP contribution in [0.1, 0.15) is 22.3 Å². The van der Waals surface area contributed by atoms with E-state index < -0.39 is 5.82 Å². The lowest BCUT2D eigenvalue weighted by Crippen LogP contribution is -1.98. The van der Waals surface area contributed by atoms with Crippen LogP contribution in [-0.2, 0) is 12.8 Å². The smallest absolute Gasteiger partial charge is 0.139 e. The highest BCUT2D eigenvalue weighted by Crippen LogP contribution is 2.20. The molecule has 0 atom stereocenters. The van der Waals surface area contributed by atoms with Gasteiger partial charge in [0.1, 0.15) is 29.8 Å². The van der Waals surface area contributed by atoms with Gasteiger partial charge in [0, 0.05) is 11.6 Å². The predicted molar refractivity (Wildman–Crippen MR) is 126 cm³/mol. The zero-order chi connectivity index (χ0) is 23.2. The molecule has 164 valence electrons. The molecule has 0 fully saturated rings. The number of ether oxygens (including phenoxy) is 1. The fourth-order valence-electron chi connectivity index (χ4n) is 3.50. The maximum Gasteiger partial charge on any atom is 0.139 e. The van der Waals surface area contributed by atoms with Crippen molar-refractivity contribution in [1.29, 1.82) is 0 Å². The maximum atomic E-state index is 14.6. The molecule has 0 N–H and O–H groups in total. The molecule has 4 aromatic rings. The molecule has 0 unspecified atom stereocenters. The largest absolute Gasteiger partial charge is 0.489 e. The van der Waals surface area contributed by atoms with Crippen LogP contribution in [0.15, 0.2) is 85.5 Å². The van der Waals surface area contributed by atoms with E-state index in [0.29, 0.717) is 36.3 Å². The van der Waals surface area contributed by atoms with Crippen LogP contribution >= 0.6 is 0 Å². The van der Waals surface area contributed by atoms with E-state index in [9.17, 15) is 13.2 Å². The van der Waals surface area contributed by atoms with Crippen molar-refractivity contribution in [3.8, 4) is 17.6 Å². The summed E-state index contributed by atoms with van der Waals surface area (Å²) in [5.41, 5.74) is 2.31. The van der Waals surface area contributed by atoms with E-state index in [0.717, 1.165) is 16.3 Å². The van der Waals surface area contributed by atoms with Gasteiger partial charge in [0.25, 0.3) is 0 Å². The monoisotopic (exact) mass is 442 g/mol. The van der Waals surface area contributed by atoms with Crippen molar-refractivity contribution in [2.75, 3.05) is 6.61 Å². The molecular formula is C29H21F3O. The van der Waals surface area contributed by atoms with Crippen molar-refractivity contribution in [3.63, 3.8) is 0 Å². The van der Waals surface area contributed by atoms with Crippen molar-refractivity contribution in [1.82, 2.24) is 0 Å². The first-order chi connectivity index (χ1) is 16.0. The number of halogens is 3. The first kappa shape index (κ1) is 22.2. The number of aryl methyl sites for hydroxylation is 2. The summed E-state index contributed by atoms with van der Waals surface area (Å²) in [6.45, 7) is 3.88. The molecule has 0 saturated heterocycles. The quantitative estimate of drug-likeness (QED) is 0.231. The molecule has 0 spiro atoms. The van der Waals surface area contributed by atoms with Crippen molar-refractivity contribution < 1.29 is 17.9 Å². The van der Waals surface area contributed by atoms with Gasteiger partial charge in [-0.3, -0.25) is 0 Å². The van der Waals surface area contributed by atoms with E-state index in [-0.39, 0.29) is 17.2 Å². The van der Waals surface area contributed by atoms with Crippen LogP contribution in [0, 0.1) is 29.3 Å². The predicted octanol–water partition coefficient (Wildman–Crippen LogP) is 7.01. The molecule has 0 radical (unpaired) electrons.